The molecule has 0 aliphatic heterocycles. The highest BCUT2D eigenvalue weighted by molar-refractivity contribution is 7.15. The van der Waals surface area contributed by atoms with Crippen molar-refractivity contribution in [2.24, 2.45) is 5.18 Å². The van der Waals surface area contributed by atoms with Crippen molar-refractivity contribution in [3.63, 3.8) is 0 Å². The Morgan fingerprint density at radius 3 is 2.71 bits per heavy atom. The van der Waals surface area contributed by atoms with E-state index in [9.17, 15) is 4.91 Å². The maximum absolute atomic E-state index is 10.4. The van der Waals surface area contributed by atoms with Gasteiger partial charge in [-0.05, 0) is 17.3 Å². The molecule has 10 nitrogen and oxygen atoms in total. The Labute approximate surface area is 167 Å². The first-order valence-electron chi connectivity index (χ1n) is 8.13. The third-order valence-corrected chi connectivity index (χ3v) is 5.01. The third kappa shape index (κ3) is 4.00. The minimum Gasteiger partial charge on any atom is -0.398 e. The van der Waals surface area contributed by atoms with Crippen molar-refractivity contribution in [1.29, 1.82) is 0 Å². The highest BCUT2D eigenvalue weighted by Gasteiger charge is 2.10. The van der Waals surface area contributed by atoms with E-state index in [1.165, 1.54) is 17.4 Å². The van der Waals surface area contributed by atoms with E-state index in [4.69, 9.17) is 17.3 Å². The molecule has 0 spiro atoms. The lowest BCUT2D eigenvalue weighted by Crippen LogP contribution is -2.05. The fraction of sp³-hybridized carbons (Fsp3) is 0.125. The molecular weight excluding hydrogens is 402 g/mol. The molecule has 1 aromatic carbocycles. The molecule has 0 fully saturated rings. The Kier molecular flexibility index (Phi) is 5.00. The summed E-state index contributed by atoms with van der Waals surface area (Å²) in [5, 5.41) is 24.5. The number of anilines is 3. The van der Waals surface area contributed by atoms with Crippen LogP contribution >= 0.6 is 22.9 Å². The molecule has 142 valence electrons. The number of nitrogens with zero attached hydrogens (tertiary/aromatic N) is 7. The second-order valence-electron chi connectivity index (χ2n) is 5.79. The molecule has 0 saturated heterocycles. The number of halogens is 1. The van der Waals surface area contributed by atoms with E-state index in [0.29, 0.717) is 34.7 Å². The maximum atomic E-state index is 10.4. The van der Waals surface area contributed by atoms with Gasteiger partial charge >= 0.3 is 0 Å². The topological polar surface area (TPSA) is 129 Å². The maximum Gasteiger partial charge on any atom is 0.217 e. The molecule has 4 aromatic rings. The van der Waals surface area contributed by atoms with Crippen molar-refractivity contribution in [2.45, 2.75) is 13.1 Å². The molecule has 0 unspecified atom stereocenters. The molecule has 0 bridgehead atoms. The summed E-state index contributed by atoms with van der Waals surface area (Å²) in [5.41, 5.74) is 7.43. The van der Waals surface area contributed by atoms with Crippen LogP contribution in [0.4, 0.5) is 22.5 Å². The van der Waals surface area contributed by atoms with Crippen molar-refractivity contribution >= 4 is 45.4 Å². The highest BCUT2D eigenvalue weighted by Crippen LogP contribution is 2.24. The summed E-state index contributed by atoms with van der Waals surface area (Å²) in [6.07, 6.45) is 3.48. The minimum absolute atomic E-state index is 0.132. The minimum atomic E-state index is 0.132. The Morgan fingerprint density at radius 2 is 1.93 bits per heavy atom. The van der Waals surface area contributed by atoms with E-state index in [1.807, 2.05) is 18.3 Å². The van der Waals surface area contributed by atoms with Gasteiger partial charge in [0.1, 0.15) is 5.01 Å². The third-order valence-electron chi connectivity index (χ3n) is 3.84. The fourth-order valence-corrected chi connectivity index (χ4v) is 3.50. The van der Waals surface area contributed by atoms with Gasteiger partial charge in [0.05, 0.1) is 13.1 Å². The van der Waals surface area contributed by atoms with Crippen LogP contribution in [0.5, 0.6) is 0 Å². The number of rotatable bonds is 7. The first-order valence-corrected chi connectivity index (χ1v) is 9.32. The van der Waals surface area contributed by atoms with Crippen LogP contribution < -0.4 is 11.1 Å². The van der Waals surface area contributed by atoms with Crippen LogP contribution in [0.25, 0.3) is 0 Å². The van der Waals surface area contributed by atoms with Crippen LogP contribution in [0.3, 0.4) is 0 Å². The van der Waals surface area contributed by atoms with Crippen LogP contribution in [0.2, 0.25) is 5.02 Å². The van der Waals surface area contributed by atoms with Crippen LogP contribution in [-0.4, -0.2) is 29.8 Å². The predicted octanol–water partition coefficient (Wildman–Crippen LogP) is 3.40. The molecule has 3 N–H and O–H groups in total. The van der Waals surface area contributed by atoms with Crippen molar-refractivity contribution in [2.75, 3.05) is 11.1 Å². The van der Waals surface area contributed by atoms with Gasteiger partial charge in [0.25, 0.3) is 0 Å². The smallest absolute Gasteiger partial charge is 0.217 e. The van der Waals surface area contributed by atoms with Crippen molar-refractivity contribution in [3.05, 3.63) is 63.2 Å². The first-order chi connectivity index (χ1) is 13.6. The average Bonchev–Trinajstić information content (AvgIpc) is 3.41. The van der Waals surface area contributed by atoms with Gasteiger partial charge in [0, 0.05) is 40.8 Å². The average molecular weight is 416 g/mol. The Morgan fingerprint density at radius 1 is 1.11 bits per heavy atom. The summed E-state index contributed by atoms with van der Waals surface area (Å²) < 4.78 is 3.31. The quantitative estimate of drug-likeness (QED) is 0.349. The molecule has 0 atom stereocenters. The van der Waals surface area contributed by atoms with E-state index >= 15 is 0 Å². The SMILES string of the molecule is Nc1cccc(Cl)c1Cn1ccc(Nc2nnc(Cn3ccc(N=O)n3)s2)n1. The molecule has 0 radical (unpaired) electrons. The molecule has 4 rings (SSSR count). The van der Waals surface area contributed by atoms with Gasteiger partial charge in [-0.1, -0.05) is 29.0 Å². The zero-order valence-electron chi connectivity index (χ0n) is 14.4. The molecular formula is C16H14ClN9OS. The largest absolute Gasteiger partial charge is 0.398 e. The number of hydrogen-bond acceptors (Lipinski definition) is 9. The van der Waals surface area contributed by atoms with Gasteiger partial charge in [-0.15, -0.1) is 20.2 Å². The Balaban J connectivity index is 1.41. The van der Waals surface area contributed by atoms with E-state index in [0.717, 1.165) is 10.6 Å². The van der Waals surface area contributed by atoms with Gasteiger partial charge in [-0.25, -0.2) is 0 Å². The Bertz CT molecular complexity index is 1100. The standard InChI is InChI=1S/C16H14ClN9OS/c17-11-2-1-3-12(18)10(11)8-25-6-4-13(22-25)19-16-21-20-15(28-16)9-26-7-5-14(23-26)24-27/h1-7H,8-9,18H2,(H,19,21,22). The number of nitrogen functional groups attached to an aromatic ring is 1. The monoisotopic (exact) mass is 415 g/mol. The number of nitrogens with one attached hydrogen (secondary N) is 1. The summed E-state index contributed by atoms with van der Waals surface area (Å²) in [4.78, 5) is 10.4. The molecule has 3 aromatic heterocycles. The van der Waals surface area contributed by atoms with Crippen molar-refractivity contribution in [3.8, 4) is 0 Å². The number of hydrogen-bond donors (Lipinski definition) is 2. The molecule has 3 heterocycles. The van der Waals surface area contributed by atoms with E-state index in [1.54, 1.807) is 27.7 Å². The van der Waals surface area contributed by atoms with Crippen LogP contribution in [0.15, 0.2) is 47.9 Å². The van der Waals surface area contributed by atoms with Crippen LogP contribution in [0, 0.1) is 4.91 Å². The van der Waals surface area contributed by atoms with Gasteiger partial charge < -0.3 is 11.1 Å². The lowest BCUT2D eigenvalue weighted by atomic mass is 10.2. The number of nitrogens with two attached hydrogens (primary N) is 1. The molecule has 0 amide bonds. The fourth-order valence-electron chi connectivity index (χ4n) is 2.52. The zero-order chi connectivity index (χ0) is 19.5. The summed E-state index contributed by atoms with van der Waals surface area (Å²) in [6, 6.07) is 8.77. The van der Waals surface area contributed by atoms with Gasteiger partial charge in [0.2, 0.25) is 10.9 Å². The second kappa shape index (κ2) is 7.74. The summed E-state index contributed by atoms with van der Waals surface area (Å²) in [7, 11) is 0. The van der Waals surface area contributed by atoms with E-state index < -0.39 is 0 Å². The van der Waals surface area contributed by atoms with Crippen LogP contribution in [-0.2, 0) is 13.1 Å². The summed E-state index contributed by atoms with van der Waals surface area (Å²) in [5.74, 6) is 0.757. The number of nitroso groups, excluding NO2 is 1. The lowest BCUT2D eigenvalue weighted by Gasteiger charge is -2.07. The van der Waals surface area contributed by atoms with Gasteiger partial charge in [0.15, 0.2) is 5.82 Å². The van der Waals surface area contributed by atoms with E-state index in [-0.39, 0.29) is 5.82 Å². The summed E-state index contributed by atoms with van der Waals surface area (Å²) in [6.45, 7) is 0.857. The van der Waals surface area contributed by atoms with Crippen LogP contribution in [0.1, 0.15) is 10.6 Å². The van der Waals surface area contributed by atoms with E-state index in [2.05, 4.69) is 30.9 Å². The second-order valence-corrected chi connectivity index (χ2v) is 7.26. The molecule has 28 heavy (non-hydrogen) atoms. The zero-order valence-corrected chi connectivity index (χ0v) is 15.9. The normalized spacial score (nSPS) is 10.9. The van der Waals surface area contributed by atoms with Gasteiger partial charge in [-0.3, -0.25) is 9.36 Å². The summed E-state index contributed by atoms with van der Waals surface area (Å²) >= 11 is 7.58. The Hall–Kier alpha value is -3.31. The number of aromatic nitrogens is 6. The van der Waals surface area contributed by atoms with Crippen molar-refractivity contribution in [1.82, 2.24) is 29.8 Å². The molecule has 12 heteroatoms. The predicted molar refractivity (Wildman–Crippen MR) is 107 cm³/mol. The first kappa shape index (κ1) is 18.1. The molecule has 0 saturated carbocycles. The lowest BCUT2D eigenvalue weighted by molar-refractivity contribution is 0.678. The van der Waals surface area contributed by atoms with Crippen molar-refractivity contribution < 1.29 is 0 Å². The number of benzene rings is 1. The highest BCUT2D eigenvalue weighted by atomic mass is 35.5. The van der Waals surface area contributed by atoms with Gasteiger partial charge in [-0.2, -0.15) is 5.10 Å². The molecule has 0 aliphatic rings. The molecule has 0 aliphatic carbocycles.